The summed E-state index contributed by atoms with van der Waals surface area (Å²) in [6, 6.07) is 8.35. The summed E-state index contributed by atoms with van der Waals surface area (Å²) in [7, 11) is -3.59. The Morgan fingerprint density at radius 3 is 2.41 bits per heavy atom. The number of nitrogens with one attached hydrogen (secondary N) is 4. The number of carboxylic acid groups (broad SMARTS) is 1. The predicted molar refractivity (Wildman–Crippen MR) is 143 cm³/mol. The molecule has 0 bridgehead atoms. The van der Waals surface area contributed by atoms with Crippen LogP contribution in [0.3, 0.4) is 0 Å². The zero-order valence-electron chi connectivity index (χ0n) is 21.6. The summed E-state index contributed by atoms with van der Waals surface area (Å²) in [5, 5.41) is 17.3. The minimum atomic E-state index is -5.08. The van der Waals surface area contributed by atoms with E-state index in [-0.39, 0.29) is 16.5 Å². The first-order valence-electron chi connectivity index (χ1n) is 12.6. The molecule has 0 unspecified atom stereocenters. The lowest BCUT2D eigenvalue weighted by molar-refractivity contribution is -0.192. The van der Waals surface area contributed by atoms with E-state index >= 15 is 0 Å². The number of anilines is 3. The summed E-state index contributed by atoms with van der Waals surface area (Å²) in [5.74, 6) is -1.98. The topological polar surface area (TPSA) is 179 Å². The molecule has 5 N–H and O–H groups in total. The van der Waals surface area contributed by atoms with Crippen LogP contribution in [-0.2, 0) is 19.6 Å². The molecule has 4 heterocycles. The molecule has 2 fully saturated rings. The fourth-order valence-corrected chi connectivity index (χ4v) is 5.59. The van der Waals surface area contributed by atoms with Crippen molar-refractivity contribution in [3.05, 3.63) is 46.9 Å². The first kappa shape index (κ1) is 30.2. The van der Waals surface area contributed by atoms with E-state index < -0.39 is 22.2 Å². The molecule has 2 aromatic heterocycles. The van der Waals surface area contributed by atoms with Gasteiger partial charge in [0.25, 0.3) is 5.56 Å². The zero-order chi connectivity index (χ0) is 29.6. The molecule has 0 amide bonds. The lowest BCUT2D eigenvalue weighted by Gasteiger charge is -2.26. The number of aliphatic carboxylic acids is 1. The van der Waals surface area contributed by atoms with E-state index in [1.165, 1.54) is 4.31 Å². The van der Waals surface area contributed by atoms with Gasteiger partial charge in [-0.1, -0.05) is 0 Å². The van der Waals surface area contributed by atoms with Crippen molar-refractivity contribution in [3.8, 4) is 0 Å². The van der Waals surface area contributed by atoms with Crippen molar-refractivity contribution in [3.63, 3.8) is 0 Å². The number of aromatic nitrogens is 3. The molecule has 0 radical (unpaired) electrons. The van der Waals surface area contributed by atoms with Crippen molar-refractivity contribution in [2.45, 2.75) is 30.0 Å². The van der Waals surface area contributed by atoms with Gasteiger partial charge < -0.3 is 30.8 Å². The highest BCUT2D eigenvalue weighted by Crippen LogP contribution is 2.25. The average molecular weight is 600 g/mol. The van der Waals surface area contributed by atoms with E-state index in [4.69, 9.17) is 14.6 Å². The summed E-state index contributed by atoms with van der Waals surface area (Å²) in [6.45, 7) is 3.27. The van der Waals surface area contributed by atoms with Crippen molar-refractivity contribution in [2.75, 3.05) is 50.0 Å². The van der Waals surface area contributed by atoms with E-state index in [1.807, 2.05) is 0 Å². The normalized spacial score (nSPS) is 18.3. The molecule has 2 aliphatic heterocycles. The number of piperidine rings is 1. The van der Waals surface area contributed by atoms with Crippen LogP contribution in [-0.4, -0.2) is 90.4 Å². The first-order valence-corrected chi connectivity index (χ1v) is 14.0. The number of hydrogen-bond acceptors (Lipinski definition) is 10. The lowest BCUT2D eigenvalue weighted by Crippen LogP contribution is -2.40. The smallest absolute Gasteiger partial charge is 0.475 e. The second kappa shape index (κ2) is 12.8. The van der Waals surface area contributed by atoms with Gasteiger partial charge in [0.05, 0.1) is 23.6 Å². The fourth-order valence-electron chi connectivity index (χ4n) is 4.19. The highest BCUT2D eigenvalue weighted by molar-refractivity contribution is 7.89. The highest BCUT2D eigenvalue weighted by atomic mass is 32.2. The Bertz CT molecular complexity index is 1520. The van der Waals surface area contributed by atoms with Gasteiger partial charge in [0.15, 0.2) is 0 Å². The molecule has 0 saturated carbocycles. The maximum Gasteiger partial charge on any atom is 0.490 e. The zero-order valence-corrected chi connectivity index (χ0v) is 22.4. The number of hydrogen-bond donors (Lipinski definition) is 5. The second-order valence-corrected chi connectivity index (χ2v) is 11.1. The Morgan fingerprint density at radius 1 is 1.12 bits per heavy atom. The van der Waals surface area contributed by atoms with Gasteiger partial charge in [0.2, 0.25) is 16.0 Å². The minimum Gasteiger partial charge on any atom is -0.475 e. The number of pyridine rings is 1. The molecular weight excluding hydrogens is 571 g/mol. The van der Waals surface area contributed by atoms with Gasteiger partial charge in [-0.2, -0.15) is 22.5 Å². The van der Waals surface area contributed by atoms with Crippen LogP contribution in [0.5, 0.6) is 0 Å². The van der Waals surface area contributed by atoms with Gasteiger partial charge in [-0.05, 0) is 49.7 Å². The van der Waals surface area contributed by atoms with E-state index in [9.17, 15) is 26.4 Å². The average Bonchev–Trinajstić information content (AvgIpc) is 2.94. The molecule has 222 valence electrons. The summed E-state index contributed by atoms with van der Waals surface area (Å²) < 4.78 is 64.2. The molecule has 0 spiro atoms. The Balaban J connectivity index is 0.000000493. The van der Waals surface area contributed by atoms with E-state index in [0.29, 0.717) is 54.7 Å². The maximum atomic E-state index is 12.9. The molecule has 41 heavy (non-hydrogen) atoms. The SMILES string of the molecule is O=C(O)C(F)(F)F.O=c1[nH]ccc2nc(N[C@@H]3CCCNC3)nc(Nc3ccc(S(=O)(=O)N4CCOCC4)cc3)c12. The number of alkyl halides is 3. The molecule has 2 saturated heterocycles. The summed E-state index contributed by atoms with van der Waals surface area (Å²) in [6.07, 6.45) is -1.46. The largest absolute Gasteiger partial charge is 0.490 e. The number of nitrogens with zero attached hydrogens (tertiary/aromatic N) is 3. The molecule has 0 aliphatic carbocycles. The number of halogens is 3. The fraction of sp³-hybridized carbons (Fsp3) is 0.417. The number of sulfonamides is 1. The quantitative estimate of drug-likeness (QED) is 0.279. The van der Waals surface area contributed by atoms with Crippen molar-refractivity contribution in [1.29, 1.82) is 0 Å². The lowest BCUT2D eigenvalue weighted by atomic mass is 10.1. The van der Waals surface area contributed by atoms with Crippen molar-refractivity contribution in [1.82, 2.24) is 24.6 Å². The minimum absolute atomic E-state index is 0.200. The van der Waals surface area contributed by atoms with Gasteiger partial charge in [0, 0.05) is 37.6 Å². The molecule has 5 rings (SSSR count). The van der Waals surface area contributed by atoms with Crippen LogP contribution < -0.4 is 21.5 Å². The molecule has 1 aromatic carbocycles. The standard InChI is InChI=1S/C22H27N7O4S.C2HF3O2/c30-21-19-18(7-9-24-21)27-22(26-16-2-1-8-23-14-16)28-20(19)25-15-3-5-17(6-4-15)34(31,32)29-10-12-33-13-11-29;3-2(4,5)1(6)7/h3-7,9,16,23H,1-2,8,10-14H2,(H,24,30)(H2,25,26,27,28);(H,6,7)/t16-;/m1./s1. The Morgan fingerprint density at radius 2 is 1.80 bits per heavy atom. The summed E-state index contributed by atoms with van der Waals surface area (Å²) in [5.41, 5.74) is 0.811. The predicted octanol–water partition coefficient (Wildman–Crippen LogP) is 1.88. The van der Waals surface area contributed by atoms with Crippen molar-refractivity contribution in [2.24, 2.45) is 0 Å². The van der Waals surface area contributed by atoms with Crippen LogP contribution >= 0.6 is 0 Å². The van der Waals surface area contributed by atoms with Gasteiger partial charge in [-0.25, -0.2) is 18.2 Å². The van der Waals surface area contributed by atoms with Crippen molar-refractivity contribution >= 4 is 44.3 Å². The van der Waals surface area contributed by atoms with Crippen LogP contribution in [0.15, 0.2) is 46.2 Å². The van der Waals surface area contributed by atoms with E-state index in [0.717, 1.165) is 25.9 Å². The van der Waals surface area contributed by atoms with Crippen LogP contribution in [0.1, 0.15) is 12.8 Å². The monoisotopic (exact) mass is 599 g/mol. The number of H-pyrrole nitrogens is 1. The molecule has 13 nitrogen and oxygen atoms in total. The number of carboxylic acids is 1. The Hall–Kier alpha value is -3.80. The van der Waals surface area contributed by atoms with Gasteiger partial charge >= 0.3 is 12.1 Å². The maximum absolute atomic E-state index is 12.9. The third kappa shape index (κ3) is 7.69. The number of ether oxygens (including phenoxy) is 1. The summed E-state index contributed by atoms with van der Waals surface area (Å²) >= 11 is 0. The Labute approximate surface area is 232 Å². The van der Waals surface area contributed by atoms with Crippen LogP contribution in [0.2, 0.25) is 0 Å². The van der Waals surface area contributed by atoms with Crippen LogP contribution in [0, 0.1) is 0 Å². The number of carbonyl (C=O) groups is 1. The van der Waals surface area contributed by atoms with Gasteiger partial charge in [0.1, 0.15) is 11.2 Å². The number of morpholine rings is 1. The highest BCUT2D eigenvalue weighted by Gasteiger charge is 2.38. The van der Waals surface area contributed by atoms with Gasteiger partial charge in [-0.15, -0.1) is 0 Å². The number of rotatable bonds is 6. The van der Waals surface area contributed by atoms with Gasteiger partial charge in [-0.3, -0.25) is 4.79 Å². The van der Waals surface area contributed by atoms with Crippen LogP contribution in [0.4, 0.5) is 30.6 Å². The number of fused-ring (bicyclic) bond motifs is 1. The summed E-state index contributed by atoms with van der Waals surface area (Å²) in [4.78, 5) is 33.4. The van der Waals surface area contributed by atoms with E-state index in [1.54, 1.807) is 36.5 Å². The number of aromatic amines is 1. The molecule has 1 atom stereocenters. The molecular formula is C24H28F3N7O6S. The molecule has 2 aliphatic rings. The third-order valence-electron chi connectivity index (χ3n) is 6.22. The van der Waals surface area contributed by atoms with Crippen LogP contribution in [0.25, 0.3) is 10.9 Å². The second-order valence-electron chi connectivity index (χ2n) is 9.12. The first-order chi connectivity index (χ1) is 19.4. The van der Waals surface area contributed by atoms with E-state index in [2.05, 4.69) is 30.9 Å². The molecule has 3 aromatic rings. The Kier molecular flexibility index (Phi) is 9.42. The third-order valence-corrected chi connectivity index (χ3v) is 8.13. The van der Waals surface area contributed by atoms with Crippen molar-refractivity contribution < 1.29 is 36.2 Å². The number of benzene rings is 1. The molecule has 17 heteroatoms.